The number of aromatic nitrogens is 4. The molecule has 3 heterocycles. The highest BCUT2D eigenvalue weighted by atomic mass is 19.2. The van der Waals surface area contributed by atoms with Gasteiger partial charge in [0.15, 0.2) is 17.3 Å². The first kappa shape index (κ1) is 28.2. The molecule has 0 bridgehead atoms. The fraction of sp³-hybridized carbons (Fsp3) is 0.310. The Hall–Kier alpha value is -4.35. The molecule has 2 aromatic heterocycles. The van der Waals surface area contributed by atoms with E-state index < -0.39 is 34.8 Å². The molecule has 2 aromatic carbocycles. The van der Waals surface area contributed by atoms with E-state index in [0.717, 1.165) is 25.3 Å². The number of carbonyl (C=O) groups excluding carboxylic acids is 1. The monoisotopic (exact) mass is 571 g/mol. The third-order valence-electron chi connectivity index (χ3n) is 7.05. The minimum absolute atomic E-state index is 0.0369. The smallest absolute Gasteiger partial charge is 0.246 e. The SMILES string of the molecule is C=CC(=O)N1CCCC(n2nc(-c3ccc(Oc4c(F)c(F)cc(F)c4F)cc3F)c3c(CCCC)ncnc32)C1. The molecule has 1 fully saturated rings. The largest absolute Gasteiger partial charge is 0.451 e. The Morgan fingerprint density at radius 1 is 1.10 bits per heavy atom. The van der Waals surface area contributed by atoms with Crippen molar-refractivity contribution in [2.45, 2.75) is 45.1 Å². The molecule has 1 atom stereocenters. The van der Waals surface area contributed by atoms with E-state index in [-0.39, 0.29) is 35.0 Å². The number of ether oxygens (including phenoxy) is 1. The third-order valence-corrected chi connectivity index (χ3v) is 7.05. The van der Waals surface area contributed by atoms with Gasteiger partial charge in [0.25, 0.3) is 0 Å². The van der Waals surface area contributed by atoms with Crippen molar-refractivity contribution in [1.82, 2.24) is 24.6 Å². The minimum atomic E-state index is -1.74. The van der Waals surface area contributed by atoms with Crippen LogP contribution in [0.25, 0.3) is 22.3 Å². The van der Waals surface area contributed by atoms with Gasteiger partial charge >= 0.3 is 0 Å². The molecule has 1 saturated heterocycles. The summed E-state index contributed by atoms with van der Waals surface area (Å²) in [5.41, 5.74) is 1.44. The molecular weight excluding hydrogens is 545 g/mol. The molecule has 41 heavy (non-hydrogen) atoms. The summed E-state index contributed by atoms with van der Waals surface area (Å²) in [6.07, 6.45) is 6.43. The van der Waals surface area contributed by atoms with Gasteiger partial charge in [0.1, 0.15) is 23.6 Å². The summed E-state index contributed by atoms with van der Waals surface area (Å²) in [6.45, 7) is 6.54. The lowest BCUT2D eigenvalue weighted by molar-refractivity contribution is -0.127. The molecule has 4 aromatic rings. The van der Waals surface area contributed by atoms with Crippen LogP contribution < -0.4 is 4.74 Å². The zero-order valence-electron chi connectivity index (χ0n) is 22.1. The second-order valence-electron chi connectivity index (χ2n) is 9.74. The van der Waals surface area contributed by atoms with Crippen molar-refractivity contribution in [2.24, 2.45) is 0 Å². The highest BCUT2D eigenvalue weighted by molar-refractivity contribution is 5.93. The Kier molecular flexibility index (Phi) is 8.00. The number of carbonyl (C=O) groups is 1. The van der Waals surface area contributed by atoms with Crippen molar-refractivity contribution >= 4 is 16.9 Å². The van der Waals surface area contributed by atoms with E-state index in [2.05, 4.69) is 16.5 Å². The Morgan fingerprint density at radius 2 is 1.85 bits per heavy atom. The van der Waals surface area contributed by atoms with E-state index in [4.69, 9.17) is 9.84 Å². The number of piperidine rings is 1. The van der Waals surface area contributed by atoms with Gasteiger partial charge in [-0.2, -0.15) is 13.9 Å². The number of fused-ring (bicyclic) bond motifs is 1. The van der Waals surface area contributed by atoms with Crippen LogP contribution in [-0.2, 0) is 11.2 Å². The molecule has 0 aliphatic carbocycles. The van der Waals surface area contributed by atoms with Gasteiger partial charge in [-0.3, -0.25) is 4.79 Å². The van der Waals surface area contributed by atoms with E-state index >= 15 is 4.39 Å². The standard InChI is InChI=1S/C29H26F5N5O2/c1-3-5-8-22-24-27(37-39(29(24)36-15-35-22)16-7-6-11-38(14-16)23(40)4-2)18-10-9-17(12-19(18)30)41-28-25(33)20(31)13-21(32)26(28)34/h4,9-10,12-13,15-16H,2-3,5-8,11,14H2,1H3. The van der Waals surface area contributed by atoms with E-state index in [1.54, 1.807) is 9.58 Å². The van der Waals surface area contributed by atoms with Crippen molar-refractivity contribution in [2.75, 3.05) is 13.1 Å². The molecule has 0 spiro atoms. The minimum Gasteiger partial charge on any atom is -0.451 e. The Morgan fingerprint density at radius 3 is 2.54 bits per heavy atom. The fourth-order valence-corrected chi connectivity index (χ4v) is 5.00. The van der Waals surface area contributed by atoms with Gasteiger partial charge in [-0.05, 0) is 43.9 Å². The zero-order valence-corrected chi connectivity index (χ0v) is 22.1. The van der Waals surface area contributed by atoms with Gasteiger partial charge in [-0.1, -0.05) is 19.9 Å². The molecule has 1 aliphatic heterocycles. The zero-order chi connectivity index (χ0) is 29.3. The van der Waals surface area contributed by atoms with E-state index in [1.165, 1.54) is 24.5 Å². The average Bonchev–Trinajstić information content (AvgIpc) is 3.37. The Bertz CT molecular complexity index is 1610. The third kappa shape index (κ3) is 5.38. The van der Waals surface area contributed by atoms with Gasteiger partial charge in [-0.15, -0.1) is 0 Å². The summed E-state index contributed by atoms with van der Waals surface area (Å²) >= 11 is 0. The summed E-state index contributed by atoms with van der Waals surface area (Å²) in [5, 5.41) is 5.29. The van der Waals surface area contributed by atoms with E-state index in [0.29, 0.717) is 42.7 Å². The van der Waals surface area contributed by atoms with E-state index in [9.17, 15) is 22.4 Å². The second kappa shape index (κ2) is 11.6. The van der Waals surface area contributed by atoms with Gasteiger partial charge in [0.05, 0.1) is 17.1 Å². The second-order valence-corrected chi connectivity index (χ2v) is 9.74. The fourth-order valence-electron chi connectivity index (χ4n) is 5.00. The lowest BCUT2D eigenvalue weighted by Gasteiger charge is -2.32. The number of amides is 1. The number of aryl methyl sites for hydroxylation is 1. The summed E-state index contributed by atoms with van der Waals surface area (Å²) in [7, 11) is 0. The van der Waals surface area contributed by atoms with Crippen LogP contribution in [0.15, 0.2) is 43.2 Å². The number of nitrogens with zero attached hydrogens (tertiary/aromatic N) is 5. The molecule has 1 aliphatic rings. The molecular formula is C29H26F5N5O2. The molecule has 7 nitrogen and oxygen atoms in total. The van der Waals surface area contributed by atoms with Crippen LogP contribution in [0, 0.1) is 29.1 Å². The van der Waals surface area contributed by atoms with E-state index in [1.807, 2.05) is 6.92 Å². The average molecular weight is 572 g/mol. The number of hydrogen-bond acceptors (Lipinski definition) is 5. The molecule has 12 heteroatoms. The molecule has 0 N–H and O–H groups in total. The number of likely N-dealkylation sites (tertiary alicyclic amines) is 1. The Labute approximate surface area is 232 Å². The summed E-state index contributed by atoms with van der Waals surface area (Å²) in [5.74, 6) is -9.55. The number of halogens is 5. The van der Waals surface area contributed by atoms with Crippen LogP contribution in [0.4, 0.5) is 22.0 Å². The number of unbranched alkanes of at least 4 members (excludes halogenated alkanes) is 1. The first-order valence-electron chi connectivity index (χ1n) is 13.2. The van der Waals surface area contributed by atoms with Crippen molar-refractivity contribution in [3.05, 3.63) is 78.0 Å². The molecule has 214 valence electrons. The maximum absolute atomic E-state index is 15.6. The molecule has 1 amide bonds. The number of hydrogen-bond donors (Lipinski definition) is 0. The molecule has 5 rings (SSSR count). The highest BCUT2D eigenvalue weighted by Crippen LogP contribution is 2.37. The van der Waals surface area contributed by atoms with Gasteiger partial charge in [0, 0.05) is 30.8 Å². The first-order valence-corrected chi connectivity index (χ1v) is 13.2. The van der Waals surface area contributed by atoms with Crippen molar-refractivity contribution < 1.29 is 31.5 Å². The maximum atomic E-state index is 15.6. The van der Waals surface area contributed by atoms with Crippen molar-refractivity contribution in [3.8, 4) is 22.8 Å². The number of benzene rings is 2. The van der Waals surface area contributed by atoms with Gasteiger partial charge in [0.2, 0.25) is 23.3 Å². The quantitative estimate of drug-likeness (QED) is 0.134. The summed E-state index contributed by atoms with van der Waals surface area (Å²) < 4.78 is 77.8. The normalized spacial score (nSPS) is 15.4. The lowest BCUT2D eigenvalue weighted by atomic mass is 10.0. The van der Waals surface area contributed by atoms with Crippen LogP contribution in [-0.4, -0.2) is 43.6 Å². The van der Waals surface area contributed by atoms with Crippen LogP contribution in [0.3, 0.4) is 0 Å². The summed E-state index contributed by atoms with van der Waals surface area (Å²) in [4.78, 5) is 22.9. The van der Waals surface area contributed by atoms with Crippen molar-refractivity contribution in [1.29, 1.82) is 0 Å². The van der Waals surface area contributed by atoms with Crippen LogP contribution in [0.2, 0.25) is 0 Å². The summed E-state index contributed by atoms with van der Waals surface area (Å²) in [6, 6.07) is 3.18. The predicted molar refractivity (Wildman–Crippen MR) is 141 cm³/mol. The van der Waals surface area contributed by atoms with Gasteiger partial charge < -0.3 is 9.64 Å². The molecule has 0 saturated carbocycles. The first-order chi connectivity index (χ1) is 19.7. The molecule has 0 radical (unpaired) electrons. The van der Waals surface area contributed by atoms with Crippen LogP contribution in [0.1, 0.15) is 44.3 Å². The topological polar surface area (TPSA) is 73.1 Å². The predicted octanol–water partition coefficient (Wildman–Crippen LogP) is 6.67. The molecule has 1 unspecified atom stereocenters. The van der Waals surface area contributed by atoms with Crippen LogP contribution in [0.5, 0.6) is 11.5 Å². The van der Waals surface area contributed by atoms with Crippen molar-refractivity contribution in [3.63, 3.8) is 0 Å². The Balaban J connectivity index is 1.58. The van der Waals surface area contributed by atoms with Gasteiger partial charge in [-0.25, -0.2) is 27.8 Å². The number of rotatable bonds is 8. The van der Waals surface area contributed by atoms with Crippen LogP contribution >= 0.6 is 0 Å². The highest BCUT2D eigenvalue weighted by Gasteiger charge is 2.29. The lowest BCUT2D eigenvalue weighted by Crippen LogP contribution is -2.40. The maximum Gasteiger partial charge on any atom is 0.246 e.